The number of isocyanates is 2. The Kier molecular flexibility index (Phi) is 4.10. The quantitative estimate of drug-likeness (QED) is 0.631. The van der Waals surface area contributed by atoms with Gasteiger partial charge in [0.05, 0.1) is 11.3 Å². The topological polar surface area (TPSA) is 75.9 Å². The second-order valence-corrected chi connectivity index (χ2v) is 3.77. The maximum atomic E-state index is 11.8. The maximum Gasteiger partial charge on any atom is 0.288 e. The molecule has 0 heterocycles. The molecule has 20 heavy (non-hydrogen) atoms. The van der Waals surface area contributed by atoms with E-state index in [2.05, 4.69) is 9.98 Å². The van der Waals surface area contributed by atoms with Gasteiger partial charge >= 0.3 is 0 Å². The minimum atomic E-state index is -0.694. The van der Waals surface area contributed by atoms with Gasteiger partial charge in [-0.2, -0.15) is 4.99 Å². The molecule has 0 saturated carbocycles. The van der Waals surface area contributed by atoms with Crippen LogP contribution in [0.4, 0.5) is 5.69 Å². The molecule has 96 valence electrons. The maximum absolute atomic E-state index is 11.8. The molecule has 0 saturated heterocycles. The lowest BCUT2D eigenvalue weighted by molar-refractivity contribution is 0.100. The lowest BCUT2D eigenvalue weighted by atomic mass is 9.98. The average molecular weight is 264 g/mol. The number of benzene rings is 2. The van der Waals surface area contributed by atoms with Gasteiger partial charge in [0.2, 0.25) is 12.2 Å². The van der Waals surface area contributed by atoms with Gasteiger partial charge in [-0.05, 0) is 17.7 Å². The molecule has 2 aromatic rings. The highest BCUT2D eigenvalue weighted by atomic mass is 16.2. The first-order valence-corrected chi connectivity index (χ1v) is 5.66. The number of rotatable bonds is 3. The number of para-hydroxylation sites is 1. The summed E-state index contributed by atoms with van der Waals surface area (Å²) < 4.78 is 0. The molecule has 0 N–H and O–H groups in total. The van der Waals surface area contributed by atoms with E-state index in [-0.39, 0.29) is 5.56 Å². The second-order valence-electron chi connectivity index (χ2n) is 3.77. The molecule has 0 bridgehead atoms. The van der Waals surface area contributed by atoms with Crippen LogP contribution in [0.1, 0.15) is 10.4 Å². The first-order valence-electron chi connectivity index (χ1n) is 5.66. The normalized spacial score (nSPS) is 9.20. The molecule has 0 unspecified atom stereocenters. The summed E-state index contributed by atoms with van der Waals surface area (Å²) in [6.45, 7) is 0. The van der Waals surface area contributed by atoms with Crippen molar-refractivity contribution in [2.45, 2.75) is 0 Å². The molecule has 0 spiro atoms. The molecule has 1 amide bonds. The molecule has 0 radical (unpaired) electrons. The summed E-state index contributed by atoms with van der Waals surface area (Å²) in [6, 6.07) is 13.4. The molecule has 2 rings (SSSR count). The van der Waals surface area contributed by atoms with E-state index >= 15 is 0 Å². The smallest absolute Gasteiger partial charge is 0.266 e. The number of amides is 1. The second kappa shape index (κ2) is 6.16. The van der Waals surface area contributed by atoms with Crippen molar-refractivity contribution < 1.29 is 14.4 Å². The summed E-state index contributed by atoms with van der Waals surface area (Å²) in [4.78, 5) is 39.2. The molecule has 0 fully saturated rings. The summed E-state index contributed by atoms with van der Waals surface area (Å²) in [7, 11) is 0. The van der Waals surface area contributed by atoms with E-state index in [1.54, 1.807) is 48.5 Å². The van der Waals surface area contributed by atoms with Crippen LogP contribution < -0.4 is 0 Å². The molecular weight excluding hydrogens is 256 g/mol. The van der Waals surface area contributed by atoms with Crippen molar-refractivity contribution in [3.63, 3.8) is 0 Å². The Labute approximate surface area is 114 Å². The van der Waals surface area contributed by atoms with E-state index in [0.29, 0.717) is 16.8 Å². The molecule has 0 aromatic heterocycles. The van der Waals surface area contributed by atoms with Crippen molar-refractivity contribution in [3.05, 3.63) is 54.1 Å². The van der Waals surface area contributed by atoms with Gasteiger partial charge in [-0.15, -0.1) is 4.99 Å². The summed E-state index contributed by atoms with van der Waals surface area (Å²) >= 11 is 0. The zero-order valence-electron chi connectivity index (χ0n) is 10.2. The largest absolute Gasteiger partial charge is 0.288 e. The van der Waals surface area contributed by atoms with Gasteiger partial charge in [0.25, 0.3) is 5.91 Å². The molecule has 0 atom stereocenters. The predicted molar refractivity (Wildman–Crippen MR) is 72.1 cm³/mol. The number of carbonyl (C=O) groups is 1. The van der Waals surface area contributed by atoms with Crippen LogP contribution in [0.3, 0.4) is 0 Å². The standard InChI is InChI=1S/C15H8N2O3/c18-9-16-14-8-4-3-6-12(14)11-5-1-2-7-13(11)15(20)17-10-19/h1-8H. The number of nitrogens with zero attached hydrogens (tertiary/aromatic N) is 2. The Hall–Kier alpha value is -3.13. The summed E-state index contributed by atoms with van der Waals surface area (Å²) in [6.07, 6.45) is 2.70. The Morgan fingerprint density at radius 3 is 2.20 bits per heavy atom. The first kappa shape index (κ1) is 13.3. The van der Waals surface area contributed by atoms with Crippen molar-refractivity contribution in [2.75, 3.05) is 0 Å². The van der Waals surface area contributed by atoms with Gasteiger partial charge in [-0.1, -0.05) is 36.4 Å². The van der Waals surface area contributed by atoms with Crippen molar-refractivity contribution in [2.24, 2.45) is 9.98 Å². The van der Waals surface area contributed by atoms with Gasteiger partial charge in [-0.25, -0.2) is 9.59 Å². The summed E-state index contributed by atoms with van der Waals surface area (Å²) in [5.41, 5.74) is 1.74. The van der Waals surface area contributed by atoms with Crippen molar-refractivity contribution in [1.29, 1.82) is 0 Å². The molecular formula is C15H8N2O3. The average Bonchev–Trinajstić information content (AvgIpc) is 2.48. The fourth-order valence-corrected chi connectivity index (χ4v) is 1.85. The lowest BCUT2D eigenvalue weighted by Gasteiger charge is -2.08. The van der Waals surface area contributed by atoms with E-state index in [0.717, 1.165) is 0 Å². The van der Waals surface area contributed by atoms with Gasteiger partial charge in [-0.3, -0.25) is 4.79 Å². The van der Waals surface area contributed by atoms with Crippen LogP contribution in [0.2, 0.25) is 0 Å². The minimum Gasteiger partial charge on any atom is -0.266 e. The Morgan fingerprint density at radius 2 is 1.50 bits per heavy atom. The van der Waals surface area contributed by atoms with Crippen LogP contribution in [0.25, 0.3) is 11.1 Å². The Bertz CT molecular complexity index is 755. The van der Waals surface area contributed by atoms with E-state index in [1.807, 2.05) is 0 Å². The first-order chi connectivity index (χ1) is 9.77. The van der Waals surface area contributed by atoms with Crippen molar-refractivity contribution in [1.82, 2.24) is 0 Å². The minimum absolute atomic E-state index is 0.240. The van der Waals surface area contributed by atoms with Gasteiger partial charge in [0.1, 0.15) is 0 Å². The third-order valence-electron chi connectivity index (χ3n) is 2.66. The third-order valence-corrected chi connectivity index (χ3v) is 2.66. The monoisotopic (exact) mass is 264 g/mol. The highest BCUT2D eigenvalue weighted by molar-refractivity contribution is 6.04. The predicted octanol–water partition coefficient (Wildman–Crippen LogP) is 2.80. The zero-order valence-corrected chi connectivity index (χ0v) is 10.2. The molecule has 0 aliphatic heterocycles. The van der Waals surface area contributed by atoms with Gasteiger partial charge in [0, 0.05) is 5.56 Å². The van der Waals surface area contributed by atoms with E-state index < -0.39 is 5.91 Å². The van der Waals surface area contributed by atoms with E-state index in [4.69, 9.17) is 0 Å². The van der Waals surface area contributed by atoms with Crippen LogP contribution in [0.15, 0.2) is 58.5 Å². The van der Waals surface area contributed by atoms with Crippen LogP contribution >= 0.6 is 0 Å². The third kappa shape index (κ3) is 2.65. The molecule has 0 aliphatic rings. The van der Waals surface area contributed by atoms with E-state index in [1.165, 1.54) is 12.2 Å². The molecule has 5 heteroatoms. The van der Waals surface area contributed by atoms with Crippen molar-refractivity contribution in [3.8, 4) is 11.1 Å². The number of aliphatic imine (C=N–C) groups is 2. The Morgan fingerprint density at radius 1 is 0.850 bits per heavy atom. The van der Waals surface area contributed by atoms with Crippen LogP contribution in [0, 0.1) is 0 Å². The highest BCUT2D eigenvalue weighted by Crippen LogP contribution is 2.32. The summed E-state index contributed by atoms with van der Waals surface area (Å²) in [5, 5.41) is 0. The fraction of sp³-hybridized carbons (Fsp3) is 0. The summed E-state index contributed by atoms with van der Waals surface area (Å²) in [5.74, 6) is -0.694. The van der Waals surface area contributed by atoms with Crippen molar-refractivity contribution >= 4 is 23.8 Å². The van der Waals surface area contributed by atoms with Crippen LogP contribution in [0.5, 0.6) is 0 Å². The fourth-order valence-electron chi connectivity index (χ4n) is 1.85. The van der Waals surface area contributed by atoms with Gasteiger partial charge in [0.15, 0.2) is 0 Å². The number of carbonyl (C=O) groups excluding carboxylic acids is 3. The number of hydrogen-bond donors (Lipinski definition) is 0. The highest BCUT2D eigenvalue weighted by Gasteiger charge is 2.13. The lowest BCUT2D eigenvalue weighted by Crippen LogP contribution is -1.97. The van der Waals surface area contributed by atoms with Crippen LogP contribution in [-0.4, -0.2) is 18.1 Å². The molecule has 5 nitrogen and oxygen atoms in total. The number of hydrogen-bond acceptors (Lipinski definition) is 4. The zero-order chi connectivity index (χ0) is 14.4. The SMILES string of the molecule is O=C=NC(=O)c1ccccc1-c1ccccc1N=C=O. The molecule has 2 aromatic carbocycles. The Balaban J connectivity index is 2.68. The van der Waals surface area contributed by atoms with Crippen LogP contribution in [-0.2, 0) is 9.59 Å². The van der Waals surface area contributed by atoms with Gasteiger partial charge < -0.3 is 0 Å². The molecule has 0 aliphatic carbocycles. The van der Waals surface area contributed by atoms with E-state index in [9.17, 15) is 14.4 Å².